The van der Waals surface area contributed by atoms with Crippen molar-refractivity contribution in [3.05, 3.63) is 47.5 Å². The Morgan fingerprint density at radius 1 is 1.00 bits per heavy atom. The van der Waals surface area contributed by atoms with Crippen molar-refractivity contribution in [2.75, 3.05) is 0 Å². The van der Waals surface area contributed by atoms with Crippen LogP contribution in [0.2, 0.25) is 0 Å². The molecule has 1 atom stereocenters. The van der Waals surface area contributed by atoms with Gasteiger partial charge in [-0.2, -0.15) is 0 Å². The van der Waals surface area contributed by atoms with Gasteiger partial charge in [0.1, 0.15) is 0 Å². The van der Waals surface area contributed by atoms with Crippen LogP contribution in [0, 0.1) is 6.92 Å². The molecule has 0 aromatic heterocycles. The zero-order chi connectivity index (χ0) is 10.8. The molecule has 0 N–H and O–H groups in total. The first-order chi connectivity index (χ1) is 7.20. The van der Waals surface area contributed by atoms with Crippen LogP contribution in [0.3, 0.4) is 0 Å². The molecule has 0 saturated carbocycles. The predicted molar refractivity (Wildman–Crippen MR) is 67.4 cm³/mol. The predicted octanol–water partition coefficient (Wildman–Crippen LogP) is 4.66. The molecule has 78 valence electrons. The number of hydrogen-bond acceptors (Lipinski definition) is 0. The standard InChI is InChI=1S/C15H18/c1-4-12(3)13-7-8-14-9-11(2)5-6-15(14)10-13/h5-10,12H,4H2,1-3H3. The minimum absolute atomic E-state index is 0.663. The Labute approximate surface area is 91.9 Å². The molecule has 0 amide bonds. The maximum Gasteiger partial charge on any atom is -0.0181 e. The van der Waals surface area contributed by atoms with E-state index in [1.165, 1.54) is 28.3 Å². The van der Waals surface area contributed by atoms with E-state index in [0.717, 1.165) is 0 Å². The van der Waals surface area contributed by atoms with Crippen molar-refractivity contribution in [3.63, 3.8) is 0 Å². The molecule has 0 heterocycles. The molecule has 0 saturated heterocycles. The van der Waals surface area contributed by atoms with Crippen molar-refractivity contribution in [1.82, 2.24) is 0 Å². The first kappa shape index (κ1) is 10.2. The molecule has 1 unspecified atom stereocenters. The monoisotopic (exact) mass is 198 g/mol. The Balaban J connectivity index is 2.52. The fourth-order valence-electron chi connectivity index (χ4n) is 1.93. The lowest BCUT2D eigenvalue weighted by atomic mass is 9.95. The first-order valence-electron chi connectivity index (χ1n) is 5.71. The van der Waals surface area contributed by atoms with Gasteiger partial charge in [0, 0.05) is 0 Å². The summed E-state index contributed by atoms with van der Waals surface area (Å²) in [5.74, 6) is 0.663. The molecule has 2 rings (SSSR count). The summed E-state index contributed by atoms with van der Waals surface area (Å²) < 4.78 is 0. The van der Waals surface area contributed by atoms with E-state index in [2.05, 4.69) is 57.2 Å². The van der Waals surface area contributed by atoms with Crippen molar-refractivity contribution in [2.45, 2.75) is 33.1 Å². The lowest BCUT2D eigenvalue weighted by Gasteiger charge is -2.10. The smallest absolute Gasteiger partial charge is 0.0181 e. The maximum absolute atomic E-state index is 2.32. The third kappa shape index (κ3) is 2.04. The van der Waals surface area contributed by atoms with Crippen molar-refractivity contribution in [2.24, 2.45) is 0 Å². The van der Waals surface area contributed by atoms with Crippen LogP contribution in [0.5, 0.6) is 0 Å². The Hall–Kier alpha value is -1.30. The maximum atomic E-state index is 2.32. The lowest BCUT2D eigenvalue weighted by molar-refractivity contribution is 0.735. The molecule has 0 radical (unpaired) electrons. The minimum Gasteiger partial charge on any atom is -0.0648 e. The van der Waals surface area contributed by atoms with Gasteiger partial charge in [-0.25, -0.2) is 0 Å². The summed E-state index contributed by atoms with van der Waals surface area (Å²) in [6.45, 7) is 6.67. The van der Waals surface area contributed by atoms with E-state index >= 15 is 0 Å². The largest absolute Gasteiger partial charge is 0.0648 e. The van der Waals surface area contributed by atoms with Crippen molar-refractivity contribution >= 4 is 10.8 Å². The fourth-order valence-corrected chi connectivity index (χ4v) is 1.93. The second-order valence-electron chi connectivity index (χ2n) is 4.42. The highest BCUT2D eigenvalue weighted by Crippen LogP contribution is 2.24. The van der Waals surface area contributed by atoms with Crippen LogP contribution >= 0.6 is 0 Å². The molecule has 0 fully saturated rings. The summed E-state index contributed by atoms with van der Waals surface area (Å²) in [6, 6.07) is 13.5. The third-order valence-electron chi connectivity index (χ3n) is 3.20. The van der Waals surface area contributed by atoms with Gasteiger partial charge >= 0.3 is 0 Å². The Morgan fingerprint density at radius 3 is 2.40 bits per heavy atom. The second-order valence-corrected chi connectivity index (χ2v) is 4.42. The quantitative estimate of drug-likeness (QED) is 0.658. The van der Waals surface area contributed by atoms with E-state index < -0.39 is 0 Å². The van der Waals surface area contributed by atoms with Crippen molar-refractivity contribution in [1.29, 1.82) is 0 Å². The van der Waals surface area contributed by atoms with Crippen LogP contribution in [0.4, 0.5) is 0 Å². The zero-order valence-corrected chi connectivity index (χ0v) is 9.75. The van der Waals surface area contributed by atoms with E-state index in [9.17, 15) is 0 Å². The van der Waals surface area contributed by atoms with Crippen LogP contribution in [0.1, 0.15) is 37.3 Å². The highest BCUT2D eigenvalue weighted by atomic mass is 14.1. The minimum atomic E-state index is 0.663. The van der Waals surface area contributed by atoms with Crippen molar-refractivity contribution in [3.8, 4) is 0 Å². The Kier molecular flexibility index (Phi) is 2.77. The lowest BCUT2D eigenvalue weighted by Crippen LogP contribution is -1.90. The number of rotatable bonds is 2. The molecule has 0 nitrogen and oxygen atoms in total. The van der Waals surface area contributed by atoms with Crippen LogP contribution in [0.25, 0.3) is 10.8 Å². The van der Waals surface area contributed by atoms with Gasteiger partial charge in [-0.15, -0.1) is 0 Å². The van der Waals surface area contributed by atoms with Crippen LogP contribution in [-0.2, 0) is 0 Å². The Bertz CT molecular complexity index is 468. The molecule has 15 heavy (non-hydrogen) atoms. The zero-order valence-electron chi connectivity index (χ0n) is 9.75. The highest BCUT2D eigenvalue weighted by Gasteiger charge is 2.03. The molecule has 0 heteroatoms. The van der Waals surface area contributed by atoms with Gasteiger partial charge in [-0.3, -0.25) is 0 Å². The average molecular weight is 198 g/mol. The van der Waals surface area contributed by atoms with Crippen LogP contribution < -0.4 is 0 Å². The SMILES string of the molecule is CCC(C)c1ccc2cc(C)ccc2c1. The normalized spacial score (nSPS) is 13.0. The number of hydrogen-bond donors (Lipinski definition) is 0. The summed E-state index contributed by atoms with van der Waals surface area (Å²) >= 11 is 0. The average Bonchev–Trinajstić information content (AvgIpc) is 2.27. The van der Waals surface area contributed by atoms with Gasteiger partial charge in [0.25, 0.3) is 0 Å². The number of fused-ring (bicyclic) bond motifs is 1. The molecule has 0 aliphatic heterocycles. The van der Waals surface area contributed by atoms with E-state index in [1.54, 1.807) is 0 Å². The fraction of sp³-hybridized carbons (Fsp3) is 0.333. The topological polar surface area (TPSA) is 0 Å². The summed E-state index contributed by atoms with van der Waals surface area (Å²) in [7, 11) is 0. The first-order valence-corrected chi connectivity index (χ1v) is 5.71. The van der Waals surface area contributed by atoms with Gasteiger partial charge in [0.05, 0.1) is 0 Å². The van der Waals surface area contributed by atoms with E-state index in [1.807, 2.05) is 0 Å². The molecular weight excluding hydrogens is 180 g/mol. The summed E-state index contributed by atoms with van der Waals surface area (Å²) in [6.07, 6.45) is 1.21. The van der Waals surface area contributed by atoms with E-state index in [0.29, 0.717) is 5.92 Å². The summed E-state index contributed by atoms with van der Waals surface area (Å²) in [5, 5.41) is 2.71. The number of benzene rings is 2. The highest BCUT2D eigenvalue weighted by molar-refractivity contribution is 5.83. The molecule has 2 aromatic carbocycles. The molecule has 0 spiro atoms. The van der Waals surface area contributed by atoms with Crippen LogP contribution in [0.15, 0.2) is 36.4 Å². The summed E-state index contributed by atoms with van der Waals surface area (Å²) in [4.78, 5) is 0. The van der Waals surface area contributed by atoms with Gasteiger partial charge in [0.15, 0.2) is 0 Å². The van der Waals surface area contributed by atoms with E-state index in [-0.39, 0.29) is 0 Å². The molecule has 0 aliphatic carbocycles. The molecular formula is C15H18. The number of aryl methyl sites for hydroxylation is 1. The van der Waals surface area contributed by atoms with Crippen LogP contribution in [-0.4, -0.2) is 0 Å². The third-order valence-corrected chi connectivity index (χ3v) is 3.20. The molecule has 0 aliphatic rings. The Morgan fingerprint density at radius 2 is 1.67 bits per heavy atom. The van der Waals surface area contributed by atoms with Crippen molar-refractivity contribution < 1.29 is 0 Å². The second kappa shape index (κ2) is 4.06. The van der Waals surface area contributed by atoms with E-state index in [4.69, 9.17) is 0 Å². The van der Waals surface area contributed by atoms with Gasteiger partial charge in [-0.05, 0) is 35.6 Å². The van der Waals surface area contributed by atoms with Gasteiger partial charge in [-0.1, -0.05) is 55.8 Å². The molecule has 0 bridgehead atoms. The van der Waals surface area contributed by atoms with Gasteiger partial charge in [0.2, 0.25) is 0 Å². The molecule has 2 aromatic rings. The van der Waals surface area contributed by atoms with Gasteiger partial charge < -0.3 is 0 Å². The summed E-state index contributed by atoms with van der Waals surface area (Å²) in [5.41, 5.74) is 2.78.